The maximum absolute atomic E-state index is 5.72. The summed E-state index contributed by atoms with van der Waals surface area (Å²) in [4.78, 5) is 6.81. The highest BCUT2D eigenvalue weighted by Crippen LogP contribution is 2.09. The van der Waals surface area contributed by atoms with E-state index in [0.717, 1.165) is 19.5 Å². The van der Waals surface area contributed by atoms with E-state index in [1.165, 1.54) is 58.2 Å². The highest BCUT2D eigenvalue weighted by atomic mass is 127. The number of guanidine groups is 1. The monoisotopic (exact) mass is 382 g/mol. The lowest BCUT2D eigenvalue weighted by molar-refractivity contribution is 0.224. The molecule has 0 amide bonds. The first-order valence-electron chi connectivity index (χ1n) is 7.59. The summed E-state index contributed by atoms with van der Waals surface area (Å²) >= 11 is 0. The maximum Gasteiger partial charge on any atom is 0.188 e. The molecule has 0 radical (unpaired) electrons. The lowest BCUT2D eigenvalue weighted by Gasteiger charge is -2.26. The van der Waals surface area contributed by atoms with E-state index in [-0.39, 0.29) is 24.0 Å². The second-order valence-electron chi connectivity index (χ2n) is 5.16. The smallest absolute Gasteiger partial charge is 0.188 e. The summed E-state index contributed by atoms with van der Waals surface area (Å²) in [5, 5.41) is 3.17. The number of rotatable bonds is 8. The average Bonchev–Trinajstić information content (AvgIpc) is 2.41. The molecule has 0 aromatic heterocycles. The van der Waals surface area contributed by atoms with Crippen LogP contribution in [0.25, 0.3) is 0 Å². The van der Waals surface area contributed by atoms with Crippen LogP contribution in [0.4, 0.5) is 0 Å². The van der Waals surface area contributed by atoms with E-state index in [4.69, 9.17) is 5.73 Å². The average molecular weight is 382 g/mol. The molecule has 0 unspecified atom stereocenters. The number of likely N-dealkylation sites (tertiary alicyclic amines) is 1. The molecular weight excluding hydrogens is 351 g/mol. The van der Waals surface area contributed by atoms with Gasteiger partial charge in [0.15, 0.2) is 5.96 Å². The highest BCUT2D eigenvalue weighted by Gasteiger charge is 2.08. The molecule has 1 fully saturated rings. The minimum Gasteiger partial charge on any atom is -0.370 e. The molecule has 1 saturated heterocycles. The molecule has 19 heavy (non-hydrogen) atoms. The molecule has 0 saturated carbocycles. The van der Waals surface area contributed by atoms with Crippen LogP contribution >= 0.6 is 24.0 Å². The standard InChI is InChI=1S/C14H30N4.HI/c1-2-9-16-14(15)17-10-5-3-6-11-18-12-7-4-8-13-18;/h2-13H2,1H3,(H3,15,16,17);1H. The molecular formula is C14H31IN4. The number of nitrogens with one attached hydrogen (secondary N) is 1. The summed E-state index contributed by atoms with van der Waals surface area (Å²) in [6.45, 7) is 7.80. The Balaban J connectivity index is 0.00000324. The molecule has 1 heterocycles. The Morgan fingerprint density at radius 2 is 1.89 bits per heavy atom. The molecule has 0 aromatic rings. The number of nitrogens with two attached hydrogens (primary N) is 1. The molecule has 4 nitrogen and oxygen atoms in total. The fourth-order valence-electron chi connectivity index (χ4n) is 2.32. The van der Waals surface area contributed by atoms with Crippen LogP contribution in [0.2, 0.25) is 0 Å². The minimum atomic E-state index is 0. The maximum atomic E-state index is 5.72. The zero-order valence-corrected chi connectivity index (χ0v) is 14.7. The third-order valence-corrected chi connectivity index (χ3v) is 3.41. The van der Waals surface area contributed by atoms with Gasteiger partial charge in [0.2, 0.25) is 0 Å². The summed E-state index contributed by atoms with van der Waals surface area (Å²) in [6, 6.07) is 0. The van der Waals surface area contributed by atoms with Crippen LogP contribution in [-0.4, -0.2) is 43.6 Å². The number of unbranched alkanes of at least 4 members (excludes halogenated alkanes) is 2. The summed E-state index contributed by atoms with van der Waals surface area (Å²) in [5.74, 6) is 0.605. The first-order valence-corrected chi connectivity index (χ1v) is 7.59. The van der Waals surface area contributed by atoms with Crippen LogP contribution in [-0.2, 0) is 0 Å². The van der Waals surface area contributed by atoms with Crippen molar-refractivity contribution in [2.75, 3.05) is 32.7 Å². The molecule has 0 aliphatic carbocycles. The molecule has 1 rings (SSSR count). The van der Waals surface area contributed by atoms with E-state index >= 15 is 0 Å². The molecule has 114 valence electrons. The largest absolute Gasteiger partial charge is 0.370 e. The number of hydrogen-bond donors (Lipinski definition) is 2. The molecule has 0 aromatic carbocycles. The molecule has 3 N–H and O–H groups in total. The first-order chi connectivity index (χ1) is 8.83. The Morgan fingerprint density at radius 1 is 1.16 bits per heavy atom. The van der Waals surface area contributed by atoms with Crippen LogP contribution in [0.3, 0.4) is 0 Å². The summed E-state index contributed by atoms with van der Waals surface area (Å²) in [7, 11) is 0. The topological polar surface area (TPSA) is 53.6 Å². The fraction of sp³-hybridized carbons (Fsp3) is 0.929. The van der Waals surface area contributed by atoms with Crippen molar-refractivity contribution in [3.05, 3.63) is 0 Å². The Kier molecular flexibility index (Phi) is 12.9. The Morgan fingerprint density at radius 3 is 2.58 bits per heavy atom. The van der Waals surface area contributed by atoms with Crippen molar-refractivity contribution >= 4 is 29.9 Å². The van der Waals surface area contributed by atoms with Crippen molar-refractivity contribution in [1.82, 2.24) is 10.2 Å². The van der Waals surface area contributed by atoms with Gasteiger partial charge in [0, 0.05) is 13.1 Å². The summed E-state index contributed by atoms with van der Waals surface area (Å²) < 4.78 is 0. The van der Waals surface area contributed by atoms with Crippen molar-refractivity contribution in [3.63, 3.8) is 0 Å². The predicted molar refractivity (Wildman–Crippen MR) is 94.3 cm³/mol. The van der Waals surface area contributed by atoms with Gasteiger partial charge in [-0.25, -0.2) is 0 Å². The van der Waals surface area contributed by atoms with E-state index < -0.39 is 0 Å². The van der Waals surface area contributed by atoms with Gasteiger partial charge in [-0.1, -0.05) is 19.8 Å². The van der Waals surface area contributed by atoms with Crippen LogP contribution < -0.4 is 11.1 Å². The Hall–Kier alpha value is -0.0400. The molecule has 1 aliphatic rings. The van der Waals surface area contributed by atoms with E-state index in [1.54, 1.807) is 0 Å². The second kappa shape index (κ2) is 13.0. The summed E-state index contributed by atoms with van der Waals surface area (Å²) in [5.41, 5.74) is 5.72. The van der Waals surface area contributed by atoms with E-state index in [2.05, 4.69) is 22.1 Å². The van der Waals surface area contributed by atoms with Crippen LogP contribution in [0.1, 0.15) is 51.9 Å². The van der Waals surface area contributed by atoms with Gasteiger partial charge in [0.1, 0.15) is 0 Å². The van der Waals surface area contributed by atoms with Gasteiger partial charge in [-0.05, 0) is 51.7 Å². The van der Waals surface area contributed by atoms with Crippen LogP contribution in [0.15, 0.2) is 4.99 Å². The lowest BCUT2D eigenvalue weighted by atomic mass is 10.1. The highest BCUT2D eigenvalue weighted by molar-refractivity contribution is 14.0. The SMILES string of the molecule is CCCN=C(N)NCCCCCN1CCCCC1.I. The number of piperidine rings is 1. The van der Waals surface area contributed by atoms with E-state index in [0.29, 0.717) is 5.96 Å². The van der Waals surface area contributed by atoms with Crippen LogP contribution in [0.5, 0.6) is 0 Å². The van der Waals surface area contributed by atoms with Gasteiger partial charge in [-0.3, -0.25) is 4.99 Å². The van der Waals surface area contributed by atoms with Crippen molar-refractivity contribution in [3.8, 4) is 0 Å². The molecule has 5 heteroatoms. The van der Waals surface area contributed by atoms with E-state index in [9.17, 15) is 0 Å². The minimum absolute atomic E-state index is 0. The third kappa shape index (κ3) is 10.4. The molecule has 0 spiro atoms. The summed E-state index contributed by atoms with van der Waals surface area (Å²) in [6.07, 6.45) is 9.06. The van der Waals surface area contributed by atoms with Crippen molar-refractivity contribution in [2.45, 2.75) is 51.9 Å². The second-order valence-corrected chi connectivity index (χ2v) is 5.16. The van der Waals surface area contributed by atoms with Crippen molar-refractivity contribution < 1.29 is 0 Å². The first kappa shape index (κ1) is 19.0. The quantitative estimate of drug-likeness (QED) is 0.294. The number of nitrogens with zero attached hydrogens (tertiary/aromatic N) is 2. The third-order valence-electron chi connectivity index (χ3n) is 3.41. The van der Waals surface area contributed by atoms with Gasteiger partial charge >= 0.3 is 0 Å². The van der Waals surface area contributed by atoms with Gasteiger partial charge in [0.25, 0.3) is 0 Å². The lowest BCUT2D eigenvalue weighted by Crippen LogP contribution is -2.33. The van der Waals surface area contributed by atoms with Gasteiger partial charge < -0.3 is 16.0 Å². The molecule has 0 bridgehead atoms. The predicted octanol–water partition coefficient (Wildman–Crippen LogP) is 2.57. The zero-order chi connectivity index (χ0) is 13.1. The van der Waals surface area contributed by atoms with Crippen LogP contribution in [0, 0.1) is 0 Å². The fourth-order valence-corrected chi connectivity index (χ4v) is 2.32. The Labute approximate surface area is 135 Å². The van der Waals surface area contributed by atoms with Crippen molar-refractivity contribution in [2.24, 2.45) is 10.7 Å². The van der Waals surface area contributed by atoms with Gasteiger partial charge in [-0.2, -0.15) is 0 Å². The van der Waals surface area contributed by atoms with E-state index in [1.807, 2.05) is 0 Å². The number of halogens is 1. The van der Waals surface area contributed by atoms with Gasteiger partial charge in [0.05, 0.1) is 0 Å². The molecule has 1 aliphatic heterocycles. The Bertz CT molecular complexity index is 227. The number of aliphatic imine (C=N–C) groups is 1. The normalized spacial score (nSPS) is 17.0. The zero-order valence-electron chi connectivity index (χ0n) is 12.4. The van der Waals surface area contributed by atoms with Gasteiger partial charge in [-0.15, -0.1) is 24.0 Å². The molecule has 0 atom stereocenters. The van der Waals surface area contributed by atoms with Crippen molar-refractivity contribution in [1.29, 1.82) is 0 Å². The number of hydrogen-bond acceptors (Lipinski definition) is 2.